The van der Waals surface area contributed by atoms with Crippen molar-refractivity contribution < 1.29 is 17.9 Å². The molecule has 0 spiro atoms. The lowest BCUT2D eigenvalue weighted by Gasteiger charge is -2.29. The summed E-state index contributed by atoms with van der Waals surface area (Å²) in [6, 6.07) is 0. The molecule has 0 aliphatic carbocycles. The SMILES string of the molecule is CCCCOCCOCC(CS(=O)(=O)Cl)C(C)(C)C. The Kier molecular flexibility index (Phi) is 9.24. The molecule has 0 saturated heterocycles. The average molecular weight is 315 g/mol. The van der Waals surface area contributed by atoms with Crippen LogP contribution in [0.25, 0.3) is 0 Å². The molecule has 0 radical (unpaired) electrons. The monoisotopic (exact) mass is 314 g/mol. The van der Waals surface area contributed by atoms with Crippen LogP contribution in [0.5, 0.6) is 0 Å². The van der Waals surface area contributed by atoms with Gasteiger partial charge in [0.05, 0.1) is 25.6 Å². The van der Waals surface area contributed by atoms with Crippen LogP contribution in [0.15, 0.2) is 0 Å². The fourth-order valence-corrected chi connectivity index (χ4v) is 3.01. The van der Waals surface area contributed by atoms with Crippen molar-refractivity contribution in [3.05, 3.63) is 0 Å². The quantitative estimate of drug-likeness (QED) is 0.459. The Labute approximate surface area is 122 Å². The van der Waals surface area contributed by atoms with Crippen molar-refractivity contribution >= 4 is 19.7 Å². The van der Waals surface area contributed by atoms with E-state index in [9.17, 15) is 8.42 Å². The zero-order valence-corrected chi connectivity index (χ0v) is 14.0. The normalized spacial score (nSPS) is 14.6. The molecule has 0 aliphatic heterocycles. The van der Waals surface area contributed by atoms with Gasteiger partial charge in [0, 0.05) is 23.2 Å². The van der Waals surface area contributed by atoms with Crippen molar-refractivity contribution in [2.45, 2.75) is 40.5 Å². The third-order valence-corrected chi connectivity index (χ3v) is 4.14. The molecule has 1 unspecified atom stereocenters. The highest BCUT2D eigenvalue weighted by Crippen LogP contribution is 2.28. The second-order valence-corrected chi connectivity index (χ2v) is 8.63. The molecular formula is C13H27ClO4S. The molecule has 0 aromatic rings. The van der Waals surface area contributed by atoms with Crippen molar-refractivity contribution in [3.63, 3.8) is 0 Å². The Balaban J connectivity index is 3.95. The van der Waals surface area contributed by atoms with Crippen molar-refractivity contribution in [3.8, 4) is 0 Å². The van der Waals surface area contributed by atoms with Gasteiger partial charge < -0.3 is 9.47 Å². The molecule has 116 valence electrons. The second-order valence-electron chi connectivity index (χ2n) is 5.81. The first-order valence-corrected chi connectivity index (χ1v) is 9.22. The van der Waals surface area contributed by atoms with Crippen LogP contribution in [0, 0.1) is 11.3 Å². The van der Waals surface area contributed by atoms with Crippen LogP contribution in [0.2, 0.25) is 0 Å². The van der Waals surface area contributed by atoms with Crippen LogP contribution in [-0.4, -0.2) is 40.6 Å². The molecule has 4 nitrogen and oxygen atoms in total. The maximum absolute atomic E-state index is 11.2. The Hall–Kier alpha value is 0.160. The number of halogens is 1. The number of rotatable bonds is 10. The lowest BCUT2D eigenvalue weighted by Crippen LogP contribution is -2.31. The molecule has 6 heteroatoms. The molecular weight excluding hydrogens is 288 g/mol. The molecule has 0 fully saturated rings. The highest BCUT2D eigenvalue weighted by atomic mass is 35.7. The summed E-state index contributed by atoms with van der Waals surface area (Å²) >= 11 is 0. The predicted molar refractivity (Wildman–Crippen MR) is 79.1 cm³/mol. The van der Waals surface area contributed by atoms with Crippen molar-refractivity contribution in [1.29, 1.82) is 0 Å². The third kappa shape index (κ3) is 11.7. The second kappa shape index (κ2) is 9.16. The molecule has 19 heavy (non-hydrogen) atoms. The van der Waals surface area contributed by atoms with E-state index in [2.05, 4.69) is 6.92 Å². The van der Waals surface area contributed by atoms with Gasteiger partial charge in [-0.05, 0) is 11.8 Å². The summed E-state index contributed by atoms with van der Waals surface area (Å²) in [5.74, 6) is -0.181. The van der Waals surface area contributed by atoms with E-state index >= 15 is 0 Å². The first-order valence-electron chi connectivity index (χ1n) is 6.74. The minimum atomic E-state index is -3.50. The van der Waals surface area contributed by atoms with Gasteiger partial charge in [0.15, 0.2) is 0 Å². The van der Waals surface area contributed by atoms with Gasteiger partial charge in [-0.15, -0.1) is 0 Å². The molecule has 0 N–H and O–H groups in total. The Bertz CT molecular complexity index is 322. The van der Waals surface area contributed by atoms with Crippen LogP contribution >= 0.6 is 10.7 Å². The van der Waals surface area contributed by atoms with Gasteiger partial charge in [0.25, 0.3) is 0 Å². The molecule has 0 aliphatic rings. The van der Waals surface area contributed by atoms with E-state index in [0.717, 1.165) is 19.4 Å². The third-order valence-electron chi connectivity index (χ3n) is 2.96. The standard InChI is InChI=1S/C13H27ClO4S/c1-5-6-7-17-8-9-18-10-12(13(2,3)4)11-19(14,15)16/h12H,5-11H2,1-4H3. The highest BCUT2D eigenvalue weighted by molar-refractivity contribution is 8.13. The van der Waals surface area contributed by atoms with E-state index < -0.39 is 9.05 Å². The summed E-state index contributed by atoms with van der Waals surface area (Å²) in [6.45, 7) is 10.2. The Morgan fingerprint density at radius 2 is 1.68 bits per heavy atom. The summed E-state index contributed by atoms with van der Waals surface area (Å²) in [6.07, 6.45) is 2.16. The zero-order chi connectivity index (χ0) is 14.9. The minimum Gasteiger partial charge on any atom is -0.379 e. The van der Waals surface area contributed by atoms with Crippen LogP contribution in [0.1, 0.15) is 40.5 Å². The molecule has 0 aromatic carbocycles. The Morgan fingerprint density at radius 1 is 1.11 bits per heavy atom. The number of unbranched alkanes of at least 4 members (excludes halogenated alkanes) is 1. The zero-order valence-electron chi connectivity index (χ0n) is 12.4. The lowest BCUT2D eigenvalue weighted by atomic mass is 9.82. The summed E-state index contributed by atoms with van der Waals surface area (Å²) in [4.78, 5) is 0. The average Bonchev–Trinajstić information content (AvgIpc) is 2.23. The van der Waals surface area contributed by atoms with Gasteiger partial charge in [-0.2, -0.15) is 0 Å². The van der Waals surface area contributed by atoms with E-state index in [1.54, 1.807) is 0 Å². The maximum atomic E-state index is 11.2. The van der Waals surface area contributed by atoms with Crippen molar-refractivity contribution in [2.75, 3.05) is 32.2 Å². The fourth-order valence-electron chi connectivity index (χ4n) is 1.48. The fraction of sp³-hybridized carbons (Fsp3) is 1.00. The first kappa shape index (κ1) is 19.2. The van der Waals surface area contributed by atoms with Crippen LogP contribution in [0.3, 0.4) is 0 Å². The molecule has 1 atom stereocenters. The molecule has 0 rings (SSSR count). The predicted octanol–water partition coefficient (Wildman–Crippen LogP) is 3.05. The maximum Gasteiger partial charge on any atom is 0.232 e. The van der Waals surface area contributed by atoms with E-state index in [1.807, 2.05) is 20.8 Å². The largest absolute Gasteiger partial charge is 0.379 e. The van der Waals surface area contributed by atoms with Crippen LogP contribution < -0.4 is 0 Å². The van der Waals surface area contributed by atoms with E-state index in [0.29, 0.717) is 19.8 Å². The molecule has 0 heterocycles. The van der Waals surface area contributed by atoms with Crippen molar-refractivity contribution in [1.82, 2.24) is 0 Å². The van der Waals surface area contributed by atoms with Crippen LogP contribution in [0.4, 0.5) is 0 Å². The first-order chi connectivity index (χ1) is 8.67. The minimum absolute atomic E-state index is 0.0608. The number of ether oxygens (including phenoxy) is 2. The summed E-state index contributed by atoms with van der Waals surface area (Å²) in [7, 11) is 1.82. The van der Waals surface area contributed by atoms with Crippen LogP contribution in [-0.2, 0) is 18.5 Å². The van der Waals surface area contributed by atoms with E-state index in [-0.39, 0.29) is 17.1 Å². The highest BCUT2D eigenvalue weighted by Gasteiger charge is 2.29. The smallest absolute Gasteiger partial charge is 0.232 e. The molecule has 0 saturated carbocycles. The Morgan fingerprint density at radius 3 is 2.16 bits per heavy atom. The van der Waals surface area contributed by atoms with Gasteiger partial charge >= 0.3 is 0 Å². The summed E-state index contributed by atoms with van der Waals surface area (Å²) in [5, 5.41) is 0. The van der Waals surface area contributed by atoms with Gasteiger partial charge in [0.1, 0.15) is 0 Å². The van der Waals surface area contributed by atoms with Gasteiger partial charge in [-0.25, -0.2) is 8.42 Å². The molecule has 0 aromatic heterocycles. The number of hydrogen-bond donors (Lipinski definition) is 0. The topological polar surface area (TPSA) is 52.6 Å². The number of hydrogen-bond acceptors (Lipinski definition) is 4. The summed E-state index contributed by atoms with van der Waals surface area (Å²) < 4.78 is 33.2. The van der Waals surface area contributed by atoms with E-state index in [1.165, 1.54) is 0 Å². The lowest BCUT2D eigenvalue weighted by molar-refractivity contribution is 0.0182. The molecule has 0 bridgehead atoms. The van der Waals surface area contributed by atoms with E-state index in [4.69, 9.17) is 20.2 Å². The van der Waals surface area contributed by atoms with Crippen molar-refractivity contribution in [2.24, 2.45) is 11.3 Å². The van der Waals surface area contributed by atoms with Gasteiger partial charge in [-0.1, -0.05) is 34.1 Å². The summed E-state index contributed by atoms with van der Waals surface area (Å²) in [5.41, 5.74) is -0.162. The van der Waals surface area contributed by atoms with Gasteiger partial charge in [-0.3, -0.25) is 0 Å². The van der Waals surface area contributed by atoms with Gasteiger partial charge in [0.2, 0.25) is 9.05 Å². The molecule has 0 amide bonds.